The van der Waals surface area contributed by atoms with Gasteiger partial charge in [-0.3, -0.25) is 14.5 Å². The summed E-state index contributed by atoms with van der Waals surface area (Å²) in [5.41, 5.74) is 0.430. The van der Waals surface area contributed by atoms with Gasteiger partial charge in [-0.2, -0.15) is 0 Å². The molecule has 4 nitrogen and oxygen atoms in total. The first-order valence-corrected chi connectivity index (χ1v) is 6.88. The molecule has 21 heavy (non-hydrogen) atoms. The van der Waals surface area contributed by atoms with Gasteiger partial charge in [0.05, 0.1) is 17.9 Å². The number of nitrogens with zero attached hydrogens (tertiary/aromatic N) is 1. The van der Waals surface area contributed by atoms with Crippen molar-refractivity contribution >= 4 is 17.5 Å². The number of amides is 2. The lowest BCUT2D eigenvalue weighted by atomic mass is 10.1. The van der Waals surface area contributed by atoms with E-state index < -0.39 is 5.82 Å². The Morgan fingerprint density at radius 1 is 1.19 bits per heavy atom. The Morgan fingerprint density at radius 3 is 2.43 bits per heavy atom. The molecule has 1 aromatic carbocycles. The third kappa shape index (κ3) is 3.67. The van der Waals surface area contributed by atoms with Gasteiger partial charge >= 0.3 is 0 Å². The SMILES string of the molecule is O=C1CCCCC(=O)N1c1ccc(C#CCCO)c(F)c1. The van der Waals surface area contributed by atoms with Gasteiger partial charge in [-0.15, -0.1) is 0 Å². The van der Waals surface area contributed by atoms with Crippen LogP contribution in [0.5, 0.6) is 0 Å². The van der Waals surface area contributed by atoms with Gasteiger partial charge < -0.3 is 5.11 Å². The van der Waals surface area contributed by atoms with Gasteiger partial charge in [-0.25, -0.2) is 4.39 Å². The Hall–Kier alpha value is -2.19. The summed E-state index contributed by atoms with van der Waals surface area (Å²) < 4.78 is 14.0. The zero-order chi connectivity index (χ0) is 15.2. The molecule has 0 unspecified atom stereocenters. The van der Waals surface area contributed by atoms with Crippen molar-refractivity contribution in [1.29, 1.82) is 0 Å². The van der Waals surface area contributed by atoms with Gasteiger partial charge in [0, 0.05) is 19.3 Å². The van der Waals surface area contributed by atoms with Crippen molar-refractivity contribution in [3.63, 3.8) is 0 Å². The van der Waals surface area contributed by atoms with Crippen LogP contribution in [0, 0.1) is 17.7 Å². The molecule has 1 heterocycles. The number of hydrogen-bond donors (Lipinski definition) is 1. The van der Waals surface area contributed by atoms with Crippen molar-refractivity contribution in [2.75, 3.05) is 11.5 Å². The molecule has 1 N–H and O–H groups in total. The van der Waals surface area contributed by atoms with Crippen LogP contribution in [0.15, 0.2) is 18.2 Å². The lowest BCUT2D eigenvalue weighted by molar-refractivity contribution is -0.125. The highest BCUT2D eigenvalue weighted by molar-refractivity contribution is 6.15. The fourth-order valence-electron chi connectivity index (χ4n) is 2.16. The lowest BCUT2D eigenvalue weighted by Crippen LogP contribution is -2.35. The van der Waals surface area contributed by atoms with Crippen molar-refractivity contribution in [3.8, 4) is 11.8 Å². The molecule has 0 spiro atoms. The Labute approximate surface area is 122 Å². The number of anilines is 1. The maximum Gasteiger partial charge on any atom is 0.233 e. The molecule has 0 atom stereocenters. The van der Waals surface area contributed by atoms with E-state index in [9.17, 15) is 14.0 Å². The third-order valence-corrected chi connectivity index (χ3v) is 3.20. The van der Waals surface area contributed by atoms with Gasteiger partial charge in [-0.1, -0.05) is 11.8 Å². The first kappa shape index (κ1) is 15.2. The van der Waals surface area contributed by atoms with Crippen molar-refractivity contribution < 1.29 is 19.1 Å². The first-order chi connectivity index (χ1) is 10.1. The summed E-state index contributed by atoms with van der Waals surface area (Å²) in [6, 6.07) is 4.12. The monoisotopic (exact) mass is 289 g/mol. The highest BCUT2D eigenvalue weighted by Gasteiger charge is 2.26. The number of carbonyl (C=O) groups is 2. The van der Waals surface area contributed by atoms with E-state index in [1.54, 1.807) is 0 Å². The van der Waals surface area contributed by atoms with E-state index in [0.717, 1.165) is 11.0 Å². The molecule has 1 saturated heterocycles. The zero-order valence-electron chi connectivity index (χ0n) is 11.6. The average Bonchev–Trinajstić information content (AvgIpc) is 2.62. The topological polar surface area (TPSA) is 57.6 Å². The van der Waals surface area contributed by atoms with Gasteiger partial charge in [0.15, 0.2) is 0 Å². The van der Waals surface area contributed by atoms with E-state index in [-0.39, 0.29) is 36.1 Å². The predicted molar refractivity (Wildman–Crippen MR) is 75.9 cm³/mol. The fourth-order valence-corrected chi connectivity index (χ4v) is 2.16. The van der Waals surface area contributed by atoms with E-state index in [4.69, 9.17) is 5.11 Å². The number of imide groups is 1. The van der Waals surface area contributed by atoms with Crippen LogP contribution in [-0.4, -0.2) is 23.5 Å². The van der Waals surface area contributed by atoms with Crippen LogP contribution in [0.25, 0.3) is 0 Å². The third-order valence-electron chi connectivity index (χ3n) is 3.20. The molecule has 5 heteroatoms. The molecule has 0 aromatic heterocycles. The molecule has 0 bridgehead atoms. The quantitative estimate of drug-likeness (QED) is 0.669. The van der Waals surface area contributed by atoms with Crippen molar-refractivity contribution in [1.82, 2.24) is 0 Å². The number of hydrogen-bond acceptors (Lipinski definition) is 3. The predicted octanol–water partition coefficient (Wildman–Crippen LogP) is 1.99. The van der Waals surface area contributed by atoms with Crippen LogP contribution in [-0.2, 0) is 9.59 Å². The normalized spacial score (nSPS) is 15.4. The van der Waals surface area contributed by atoms with Gasteiger partial charge in [-0.05, 0) is 31.0 Å². The van der Waals surface area contributed by atoms with E-state index >= 15 is 0 Å². The van der Waals surface area contributed by atoms with E-state index in [1.807, 2.05) is 0 Å². The molecule has 1 aromatic rings. The van der Waals surface area contributed by atoms with Crippen molar-refractivity contribution in [2.45, 2.75) is 32.1 Å². The van der Waals surface area contributed by atoms with Gasteiger partial charge in [0.1, 0.15) is 5.82 Å². The van der Waals surface area contributed by atoms with Gasteiger partial charge in [0.2, 0.25) is 11.8 Å². The Morgan fingerprint density at radius 2 is 1.86 bits per heavy atom. The Balaban J connectivity index is 2.28. The molecule has 1 aliphatic rings. The van der Waals surface area contributed by atoms with E-state index in [2.05, 4.69) is 11.8 Å². The first-order valence-electron chi connectivity index (χ1n) is 6.88. The number of halogens is 1. The second kappa shape index (κ2) is 7.00. The lowest BCUT2D eigenvalue weighted by Gasteiger charge is -2.18. The molecular weight excluding hydrogens is 273 g/mol. The second-order valence-corrected chi connectivity index (χ2v) is 4.77. The summed E-state index contributed by atoms with van der Waals surface area (Å²) in [6.07, 6.45) is 2.21. The molecule has 2 amide bonds. The molecule has 1 aliphatic heterocycles. The number of aliphatic hydroxyl groups is 1. The minimum absolute atomic E-state index is 0.0799. The van der Waals surface area contributed by atoms with E-state index in [1.165, 1.54) is 12.1 Å². The average molecular weight is 289 g/mol. The van der Waals surface area contributed by atoms with Crippen LogP contribution in [0.3, 0.4) is 0 Å². The number of benzene rings is 1. The fraction of sp³-hybridized carbons (Fsp3) is 0.375. The number of rotatable bonds is 2. The maximum absolute atomic E-state index is 14.0. The van der Waals surface area contributed by atoms with Crippen LogP contribution in [0.1, 0.15) is 37.7 Å². The second-order valence-electron chi connectivity index (χ2n) is 4.77. The van der Waals surface area contributed by atoms with Crippen LogP contribution >= 0.6 is 0 Å². The summed E-state index contributed by atoms with van der Waals surface area (Å²) >= 11 is 0. The molecular formula is C16H16FNO3. The number of aliphatic hydroxyl groups excluding tert-OH is 1. The number of carbonyl (C=O) groups excluding carboxylic acids is 2. The largest absolute Gasteiger partial charge is 0.395 e. The Bertz CT molecular complexity index is 598. The Kier molecular flexibility index (Phi) is 5.07. The molecule has 2 rings (SSSR count). The molecule has 1 fully saturated rings. The van der Waals surface area contributed by atoms with Crippen LogP contribution in [0.4, 0.5) is 10.1 Å². The summed E-state index contributed by atoms with van der Waals surface area (Å²) in [6.45, 7) is -0.0799. The summed E-state index contributed by atoms with van der Waals surface area (Å²) in [5.74, 6) is 4.07. The molecule has 0 aliphatic carbocycles. The summed E-state index contributed by atoms with van der Waals surface area (Å²) in [5, 5.41) is 8.63. The highest BCUT2D eigenvalue weighted by atomic mass is 19.1. The van der Waals surface area contributed by atoms with Crippen molar-refractivity contribution in [2.24, 2.45) is 0 Å². The standard InChI is InChI=1S/C16H16FNO3/c17-14-11-13(9-8-12(14)5-3-4-10-19)18-15(20)6-1-2-7-16(18)21/h8-9,11,19H,1-2,4,6-7,10H2. The molecule has 0 radical (unpaired) electrons. The van der Waals surface area contributed by atoms with E-state index in [0.29, 0.717) is 25.7 Å². The highest BCUT2D eigenvalue weighted by Crippen LogP contribution is 2.23. The maximum atomic E-state index is 14.0. The summed E-state index contributed by atoms with van der Waals surface area (Å²) in [7, 11) is 0. The van der Waals surface area contributed by atoms with Crippen LogP contribution in [0.2, 0.25) is 0 Å². The smallest absolute Gasteiger partial charge is 0.233 e. The molecule has 0 saturated carbocycles. The minimum atomic E-state index is -0.581. The minimum Gasteiger partial charge on any atom is -0.395 e. The zero-order valence-corrected chi connectivity index (χ0v) is 11.6. The van der Waals surface area contributed by atoms with Crippen molar-refractivity contribution in [3.05, 3.63) is 29.6 Å². The van der Waals surface area contributed by atoms with Gasteiger partial charge in [0.25, 0.3) is 0 Å². The summed E-state index contributed by atoms with van der Waals surface area (Å²) in [4.78, 5) is 25.0. The molecule has 110 valence electrons. The van der Waals surface area contributed by atoms with Crippen LogP contribution < -0.4 is 4.90 Å².